The molecule has 0 saturated heterocycles. The Hall–Kier alpha value is -1.72. The van der Waals surface area contributed by atoms with Crippen molar-refractivity contribution < 1.29 is 0 Å². The van der Waals surface area contributed by atoms with Crippen molar-refractivity contribution in [2.24, 2.45) is 20.2 Å². The van der Waals surface area contributed by atoms with Gasteiger partial charge in [0.1, 0.15) is 22.7 Å². The van der Waals surface area contributed by atoms with Crippen molar-refractivity contribution in [3.8, 4) is 0 Å². The van der Waals surface area contributed by atoms with E-state index in [1.807, 2.05) is 0 Å². The van der Waals surface area contributed by atoms with Gasteiger partial charge in [0.15, 0.2) is 0 Å². The summed E-state index contributed by atoms with van der Waals surface area (Å²) >= 11 is 0. The topological polar surface area (TPSA) is 97.1 Å². The molecule has 0 aliphatic rings. The van der Waals surface area contributed by atoms with Crippen LogP contribution >= 0.6 is 0 Å². The summed E-state index contributed by atoms with van der Waals surface area (Å²) in [5.74, 6) is 0.0651. The van der Waals surface area contributed by atoms with Crippen molar-refractivity contribution in [3.05, 3.63) is 0 Å². The van der Waals surface area contributed by atoms with Gasteiger partial charge in [-0.05, 0) is 41.1 Å². The second-order valence-corrected chi connectivity index (χ2v) is 4.33. The zero-order valence-electron chi connectivity index (χ0n) is 10.2. The predicted molar refractivity (Wildman–Crippen MR) is 67.6 cm³/mol. The van der Waals surface area contributed by atoms with Gasteiger partial charge in [0.25, 0.3) is 0 Å². The molecule has 0 rings (SSSR count). The standard InChI is InChI=1S/C10H18N6/c1-9(2,7(11)13-5)15-16-10(3,4)8(12)14-6/h11-12H,5-6H2,1-4H3. The molecule has 0 unspecified atom stereocenters. The first-order valence-electron chi connectivity index (χ1n) is 4.73. The lowest BCUT2D eigenvalue weighted by Crippen LogP contribution is -2.31. The Balaban J connectivity index is 4.97. The summed E-state index contributed by atoms with van der Waals surface area (Å²) in [6.45, 7) is 13.4. The predicted octanol–water partition coefficient (Wildman–Crippen LogP) is 2.35. The van der Waals surface area contributed by atoms with Crippen LogP contribution in [0, 0.1) is 10.8 Å². The van der Waals surface area contributed by atoms with Crippen molar-refractivity contribution in [2.45, 2.75) is 38.8 Å². The fourth-order valence-corrected chi connectivity index (χ4v) is 0.732. The molecule has 0 heterocycles. The van der Waals surface area contributed by atoms with E-state index in [9.17, 15) is 0 Å². The van der Waals surface area contributed by atoms with Crippen LogP contribution in [0.15, 0.2) is 20.2 Å². The SMILES string of the molecule is C=NC(=N)C(C)(C)N=NC(C)(C)C(=N)N=C. The number of hydrogen-bond acceptors (Lipinski definition) is 4. The zero-order valence-corrected chi connectivity index (χ0v) is 10.2. The van der Waals surface area contributed by atoms with E-state index < -0.39 is 11.1 Å². The summed E-state index contributed by atoms with van der Waals surface area (Å²) in [7, 11) is 0. The molecule has 0 radical (unpaired) electrons. The molecule has 0 aromatic heterocycles. The van der Waals surface area contributed by atoms with Gasteiger partial charge in [-0.2, -0.15) is 10.2 Å². The second-order valence-electron chi connectivity index (χ2n) is 4.33. The summed E-state index contributed by atoms with van der Waals surface area (Å²) in [5, 5.41) is 23.1. The maximum Gasteiger partial charge on any atom is 0.149 e. The van der Waals surface area contributed by atoms with Gasteiger partial charge in [-0.1, -0.05) is 0 Å². The van der Waals surface area contributed by atoms with Crippen LogP contribution in [-0.4, -0.2) is 36.2 Å². The fraction of sp³-hybridized carbons (Fsp3) is 0.600. The molecule has 0 bridgehead atoms. The fourth-order valence-electron chi connectivity index (χ4n) is 0.732. The first-order chi connectivity index (χ1) is 7.17. The van der Waals surface area contributed by atoms with Crippen molar-refractivity contribution in [1.29, 1.82) is 10.8 Å². The largest absolute Gasteiger partial charge is 0.285 e. The summed E-state index contributed by atoms with van der Waals surface area (Å²) in [5.41, 5.74) is -1.69. The maximum atomic E-state index is 7.53. The number of nitrogens with one attached hydrogen (secondary N) is 2. The summed E-state index contributed by atoms with van der Waals surface area (Å²) in [4.78, 5) is 7.03. The molecule has 6 nitrogen and oxygen atoms in total. The van der Waals surface area contributed by atoms with Crippen molar-refractivity contribution >= 4 is 25.1 Å². The van der Waals surface area contributed by atoms with E-state index in [0.29, 0.717) is 0 Å². The monoisotopic (exact) mass is 222 g/mol. The lowest BCUT2D eigenvalue weighted by molar-refractivity contribution is 0.558. The number of nitrogens with zero attached hydrogens (tertiary/aromatic N) is 4. The number of hydrogen-bond donors (Lipinski definition) is 2. The Morgan fingerprint density at radius 3 is 1.25 bits per heavy atom. The van der Waals surface area contributed by atoms with Gasteiger partial charge in [-0.25, -0.2) is 9.98 Å². The Kier molecular flexibility index (Phi) is 4.35. The molecule has 0 atom stereocenters. The molecule has 0 aromatic carbocycles. The number of rotatable bonds is 4. The Morgan fingerprint density at radius 1 is 0.812 bits per heavy atom. The quantitative estimate of drug-likeness (QED) is 0.415. The first-order valence-corrected chi connectivity index (χ1v) is 4.73. The lowest BCUT2D eigenvalue weighted by atomic mass is 10.0. The van der Waals surface area contributed by atoms with Gasteiger partial charge < -0.3 is 0 Å². The van der Waals surface area contributed by atoms with Crippen molar-refractivity contribution in [3.63, 3.8) is 0 Å². The van der Waals surface area contributed by atoms with Gasteiger partial charge >= 0.3 is 0 Å². The Morgan fingerprint density at radius 2 is 1.06 bits per heavy atom. The maximum absolute atomic E-state index is 7.53. The molecule has 0 aliphatic heterocycles. The minimum absolute atomic E-state index is 0.0325. The normalized spacial score (nSPS) is 12.5. The zero-order chi connectivity index (χ0) is 13.0. The highest BCUT2D eigenvalue weighted by molar-refractivity contribution is 5.92. The third-order valence-corrected chi connectivity index (χ3v) is 2.03. The van der Waals surface area contributed by atoms with E-state index in [1.165, 1.54) is 0 Å². The van der Waals surface area contributed by atoms with E-state index in [1.54, 1.807) is 27.7 Å². The van der Waals surface area contributed by atoms with Gasteiger partial charge in [0.2, 0.25) is 0 Å². The van der Waals surface area contributed by atoms with Gasteiger partial charge in [0, 0.05) is 0 Å². The highest BCUT2D eigenvalue weighted by Crippen LogP contribution is 2.18. The highest BCUT2D eigenvalue weighted by Gasteiger charge is 2.27. The van der Waals surface area contributed by atoms with Crippen LogP contribution in [0.2, 0.25) is 0 Å². The second kappa shape index (κ2) is 4.87. The van der Waals surface area contributed by atoms with E-state index in [0.717, 1.165) is 0 Å². The molecule has 88 valence electrons. The molecule has 0 fully saturated rings. The Bertz CT molecular complexity index is 316. The smallest absolute Gasteiger partial charge is 0.149 e. The molecular formula is C10H18N6. The number of aliphatic imine (C=N–C) groups is 2. The van der Waals surface area contributed by atoms with Crippen LogP contribution in [0.25, 0.3) is 0 Å². The van der Waals surface area contributed by atoms with Gasteiger partial charge in [-0.15, -0.1) is 0 Å². The van der Waals surface area contributed by atoms with Crippen LogP contribution in [0.3, 0.4) is 0 Å². The van der Waals surface area contributed by atoms with E-state index in [-0.39, 0.29) is 11.7 Å². The van der Waals surface area contributed by atoms with Crippen LogP contribution in [0.5, 0.6) is 0 Å². The summed E-state index contributed by atoms with van der Waals surface area (Å²) in [6, 6.07) is 0. The molecule has 6 heteroatoms. The minimum atomic E-state index is -0.847. The lowest BCUT2D eigenvalue weighted by Gasteiger charge is -2.20. The molecule has 16 heavy (non-hydrogen) atoms. The van der Waals surface area contributed by atoms with Crippen LogP contribution in [0.1, 0.15) is 27.7 Å². The molecule has 0 spiro atoms. The first kappa shape index (κ1) is 14.3. The highest BCUT2D eigenvalue weighted by atomic mass is 15.2. The van der Waals surface area contributed by atoms with Gasteiger partial charge in [0.05, 0.1) is 0 Å². The molecule has 0 aromatic rings. The Labute approximate surface area is 95.6 Å². The van der Waals surface area contributed by atoms with Crippen LogP contribution < -0.4 is 0 Å². The van der Waals surface area contributed by atoms with Crippen LogP contribution in [-0.2, 0) is 0 Å². The van der Waals surface area contributed by atoms with Gasteiger partial charge in [-0.3, -0.25) is 10.8 Å². The molecular weight excluding hydrogens is 204 g/mol. The molecule has 0 saturated carbocycles. The van der Waals surface area contributed by atoms with Crippen molar-refractivity contribution in [1.82, 2.24) is 0 Å². The van der Waals surface area contributed by atoms with E-state index >= 15 is 0 Å². The molecule has 0 amide bonds. The van der Waals surface area contributed by atoms with E-state index in [4.69, 9.17) is 10.8 Å². The van der Waals surface area contributed by atoms with Crippen LogP contribution in [0.4, 0.5) is 0 Å². The minimum Gasteiger partial charge on any atom is -0.285 e. The molecule has 2 N–H and O–H groups in total. The number of amidine groups is 2. The third-order valence-electron chi connectivity index (χ3n) is 2.03. The van der Waals surface area contributed by atoms with Crippen molar-refractivity contribution in [2.75, 3.05) is 0 Å². The average molecular weight is 222 g/mol. The third kappa shape index (κ3) is 3.45. The average Bonchev–Trinajstić information content (AvgIpc) is 2.24. The van der Waals surface area contributed by atoms with E-state index in [2.05, 4.69) is 33.6 Å². The summed E-state index contributed by atoms with van der Waals surface area (Å²) < 4.78 is 0. The summed E-state index contributed by atoms with van der Waals surface area (Å²) in [6.07, 6.45) is 0. The number of azo groups is 1. The molecule has 0 aliphatic carbocycles.